The van der Waals surface area contributed by atoms with Crippen molar-refractivity contribution in [2.45, 2.75) is 252 Å². The monoisotopic (exact) mass is 754 g/mol. The fourth-order valence-corrected chi connectivity index (χ4v) is 7.28. The highest BCUT2D eigenvalue weighted by atomic mass is 16.7. The quantitative estimate of drug-likeness (QED) is 0.0491. The molecule has 0 amide bonds. The summed E-state index contributed by atoms with van der Waals surface area (Å²) < 4.78 is 17.0. The van der Waals surface area contributed by atoms with Gasteiger partial charge in [0.25, 0.3) is 0 Å². The number of unbranched alkanes of at least 4 members (excludes halogenated alkanes) is 22. The van der Waals surface area contributed by atoms with Gasteiger partial charge >= 0.3 is 12.1 Å². The lowest BCUT2D eigenvalue weighted by Crippen LogP contribution is -2.29. The van der Waals surface area contributed by atoms with E-state index in [9.17, 15) is 14.7 Å². The summed E-state index contributed by atoms with van der Waals surface area (Å²) in [7, 11) is 0. The van der Waals surface area contributed by atoms with Crippen molar-refractivity contribution in [2.75, 3.05) is 32.8 Å². The molecule has 7 nitrogen and oxygen atoms in total. The maximum atomic E-state index is 12.7. The molecule has 0 saturated carbocycles. The van der Waals surface area contributed by atoms with Crippen molar-refractivity contribution < 1.29 is 28.9 Å². The van der Waals surface area contributed by atoms with Crippen LogP contribution in [0.15, 0.2) is 0 Å². The van der Waals surface area contributed by atoms with E-state index < -0.39 is 6.16 Å². The molecular weight excluding hydrogens is 663 g/mol. The summed E-state index contributed by atoms with van der Waals surface area (Å²) in [6.45, 7) is 12.2. The number of rotatable bonds is 42. The molecule has 0 aliphatic heterocycles. The fraction of sp³-hybridized carbons (Fsp3) is 0.957. The Morgan fingerprint density at radius 2 is 0.868 bits per heavy atom. The van der Waals surface area contributed by atoms with Gasteiger partial charge in [-0.3, -0.25) is 4.79 Å². The largest absolute Gasteiger partial charge is 0.508 e. The molecule has 7 heteroatoms. The first-order valence-corrected chi connectivity index (χ1v) is 23.4. The number of esters is 1. The first-order valence-electron chi connectivity index (χ1n) is 23.4. The fourth-order valence-electron chi connectivity index (χ4n) is 7.28. The number of aliphatic hydroxyl groups excluding tert-OH is 1. The highest BCUT2D eigenvalue weighted by molar-refractivity contribution is 5.69. The molecule has 0 spiro atoms. The van der Waals surface area contributed by atoms with E-state index in [2.05, 4.69) is 32.6 Å². The van der Waals surface area contributed by atoms with Gasteiger partial charge in [-0.2, -0.15) is 0 Å². The van der Waals surface area contributed by atoms with Gasteiger partial charge < -0.3 is 24.2 Å². The maximum absolute atomic E-state index is 12.7. The predicted octanol–water partition coefficient (Wildman–Crippen LogP) is 13.7. The first-order chi connectivity index (χ1) is 26.0. The van der Waals surface area contributed by atoms with E-state index in [1.54, 1.807) is 0 Å². The van der Waals surface area contributed by atoms with E-state index in [1.807, 2.05) is 0 Å². The van der Waals surface area contributed by atoms with Crippen LogP contribution in [-0.4, -0.2) is 67.2 Å². The zero-order valence-electron chi connectivity index (χ0n) is 36.0. The van der Waals surface area contributed by atoms with Gasteiger partial charge in [0.15, 0.2) is 0 Å². The molecule has 0 aromatic rings. The Labute approximate surface area is 329 Å². The Hall–Kier alpha value is -1.34. The molecule has 316 valence electrons. The number of hydrogen-bond donors (Lipinski definition) is 1. The molecule has 0 bridgehead atoms. The summed E-state index contributed by atoms with van der Waals surface area (Å²) in [5.74, 6) is 0.00648. The van der Waals surface area contributed by atoms with Crippen molar-refractivity contribution in [3.05, 3.63) is 0 Å². The average molecular weight is 754 g/mol. The summed E-state index contributed by atoms with van der Waals surface area (Å²) in [5.41, 5.74) is 0. The minimum absolute atomic E-state index is 0.00648. The number of hydrogen-bond acceptors (Lipinski definition) is 7. The molecule has 1 N–H and O–H groups in total. The number of carbonyl (C=O) groups excluding carboxylic acids is 2. The molecule has 0 aromatic carbocycles. The second-order valence-corrected chi connectivity index (χ2v) is 15.9. The molecule has 0 aromatic heterocycles. The van der Waals surface area contributed by atoms with Crippen LogP contribution in [0.3, 0.4) is 0 Å². The van der Waals surface area contributed by atoms with E-state index in [-0.39, 0.29) is 24.8 Å². The second-order valence-electron chi connectivity index (χ2n) is 15.9. The zero-order chi connectivity index (χ0) is 38.9. The first kappa shape index (κ1) is 51.7. The average Bonchev–Trinajstić information content (AvgIpc) is 3.14. The summed E-state index contributed by atoms with van der Waals surface area (Å²) in [6, 6.07) is 0. The van der Waals surface area contributed by atoms with Gasteiger partial charge in [0, 0.05) is 13.0 Å². The van der Waals surface area contributed by atoms with Crippen molar-refractivity contribution in [3.63, 3.8) is 0 Å². The Bertz CT molecular complexity index is 748. The Kier molecular flexibility index (Phi) is 40.8. The standard InChI is InChI=1S/C46H91NO6/c1-5-9-12-15-19-26-34-43(33-8-4)53-46(50)51-42-32-25-24-31-39-47(40-41-48)38-30-23-18-22-29-37-45(49)52-44(35-27-20-16-13-10-6-2)36-28-21-17-14-11-7-3/h43-44,48H,5-42H2,1-4H3. The number of nitrogens with zero attached hydrogens (tertiary/aromatic N) is 1. The van der Waals surface area contributed by atoms with Crippen LogP contribution in [-0.2, 0) is 19.0 Å². The third-order valence-corrected chi connectivity index (χ3v) is 10.7. The minimum Gasteiger partial charge on any atom is -0.462 e. The third-order valence-electron chi connectivity index (χ3n) is 10.7. The van der Waals surface area contributed by atoms with E-state index in [0.717, 1.165) is 116 Å². The molecule has 1 atom stereocenters. The van der Waals surface area contributed by atoms with Crippen LogP contribution < -0.4 is 0 Å². The van der Waals surface area contributed by atoms with Crippen molar-refractivity contribution in [1.29, 1.82) is 0 Å². The topological polar surface area (TPSA) is 85.3 Å². The molecule has 0 saturated heterocycles. The van der Waals surface area contributed by atoms with Crippen molar-refractivity contribution in [1.82, 2.24) is 4.90 Å². The second kappa shape index (κ2) is 41.8. The normalized spacial score (nSPS) is 12.1. The van der Waals surface area contributed by atoms with Gasteiger partial charge in [-0.05, 0) is 83.7 Å². The molecule has 0 radical (unpaired) electrons. The van der Waals surface area contributed by atoms with Crippen LogP contribution in [0.25, 0.3) is 0 Å². The summed E-state index contributed by atoms with van der Waals surface area (Å²) in [4.78, 5) is 27.3. The molecule has 1 unspecified atom stereocenters. The smallest absolute Gasteiger partial charge is 0.462 e. The number of ether oxygens (including phenoxy) is 3. The van der Waals surface area contributed by atoms with Crippen LogP contribution in [0.5, 0.6) is 0 Å². The van der Waals surface area contributed by atoms with E-state index >= 15 is 0 Å². The molecule has 0 heterocycles. The van der Waals surface area contributed by atoms with Gasteiger partial charge in [-0.25, -0.2) is 4.79 Å². The maximum Gasteiger partial charge on any atom is 0.508 e. The molecule has 0 rings (SSSR count). The van der Waals surface area contributed by atoms with Crippen molar-refractivity contribution in [3.8, 4) is 0 Å². The van der Waals surface area contributed by atoms with Gasteiger partial charge in [0.1, 0.15) is 12.2 Å². The molecular formula is C46H91NO6. The van der Waals surface area contributed by atoms with Crippen LogP contribution in [0, 0.1) is 0 Å². The Morgan fingerprint density at radius 3 is 1.34 bits per heavy atom. The van der Waals surface area contributed by atoms with Gasteiger partial charge in [-0.15, -0.1) is 0 Å². The van der Waals surface area contributed by atoms with Gasteiger partial charge in [0.2, 0.25) is 0 Å². The molecule has 0 aliphatic rings. The molecule has 53 heavy (non-hydrogen) atoms. The molecule has 0 fully saturated rings. The lowest BCUT2D eigenvalue weighted by molar-refractivity contribution is -0.150. The number of aliphatic hydroxyl groups is 1. The third kappa shape index (κ3) is 37.4. The van der Waals surface area contributed by atoms with E-state index in [4.69, 9.17) is 14.2 Å². The zero-order valence-corrected chi connectivity index (χ0v) is 36.0. The summed E-state index contributed by atoms with van der Waals surface area (Å²) >= 11 is 0. The van der Waals surface area contributed by atoms with Crippen LogP contribution in [0.4, 0.5) is 4.79 Å². The lowest BCUT2D eigenvalue weighted by atomic mass is 10.0. The van der Waals surface area contributed by atoms with Crippen LogP contribution in [0.1, 0.15) is 240 Å². The van der Waals surface area contributed by atoms with Crippen molar-refractivity contribution in [2.24, 2.45) is 0 Å². The summed E-state index contributed by atoms with van der Waals surface area (Å²) in [6.07, 6.45) is 37.3. The van der Waals surface area contributed by atoms with Crippen molar-refractivity contribution >= 4 is 12.1 Å². The van der Waals surface area contributed by atoms with Gasteiger partial charge in [0.05, 0.1) is 13.2 Å². The van der Waals surface area contributed by atoms with Gasteiger partial charge in [-0.1, -0.05) is 163 Å². The lowest BCUT2D eigenvalue weighted by Gasteiger charge is -2.21. The van der Waals surface area contributed by atoms with E-state index in [1.165, 1.54) is 109 Å². The van der Waals surface area contributed by atoms with E-state index in [0.29, 0.717) is 13.0 Å². The predicted molar refractivity (Wildman–Crippen MR) is 225 cm³/mol. The van der Waals surface area contributed by atoms with Crippen LogP contribution in [0.2, 0.25) is 0 Å². The highest BCUT2D eigenvalue weighted by Gasteiger charge is 2.16. The van der Waals surface area contributed by atoms with Crippen LogP contribution >= 0.6 is 0 Å². The highest BCUT2D eigenvalue weighted by Crippen LogP contribution is 2.19. The summed E-state index contributed by atoms with van der Waals surface area (Å²) in [5, 5.41) is 9.57. The number of carbonyl (C=O) groups is 2. The molecule has 0 aliphatic carbocycles. The Morgan fingerprint density at radius 1 is 0.453 bits per heavy atom. The SMILES string of the molecule is CCCCCCCCC(CCCCCCCC)OC(=O)CCCCCCCN(CCO)CCCCCCOC(=O)OC(CCC)CCCCCCCC. The minimum atomic E-state index is -0.505. The Balaban J connectivity index is 4.08.